The maximum Gasteiger partial charge on any atom is 0.416 e. The first-order chi connectivity index (χ1) is 21.5. The molecule has 0 bridgehead atoms. The molecule has 9 nitrogen and oxygen atoms in total. The highest BCUT2D eigenvalue weighted by Gasteiger charge is 2.32. The molecule has 1 aromatic heterocycles. The average molecular weight is 748 g/mol. The summed E-state index contributed by atoms with van der Waals surface area (Å²) in [5.74, 6) is -1.57. The van der Waals surface area contributed by atoms with E-state index < -0.39 is 51.7 Å². The van der Waals surface area contributed by atoms with Crippen LogP contribution >= 0.6 is 27.3 Å². The second-order valence-electron chi connectivity index (χ2n) is 11.6. The molecule has 15 heteroatoms. The van der Waals surface area contributed by atoms with E-state index in [1.54, 1.807) is 20.8 Å². The van der Waals surface area contributed by atoms with Crippen LogP contribution in [0.15, 0.2) is 53.0 Å². The van der Waals surface area contributed by atoms with Crippen molar-refractivity contribution in [3.05, 3.63) is 69.0 Å². The molecule has 1 N–H and O–H groups in total. The van der Waals surface area contributed by atoms with E-state index in [0.29, 0.717) is 22.2 Å². The van der Waals surface area contributed by atoms with Crippen LogP contribution in [0.5, 0.6) is 5.75 Å². The first kappa shape index (κ1) is 35.7. The predicted molar refractivity (Wildman–Crippen MR) is 172 cm³/mol. The fraction of sp³-hybridized carbons (Fsp3) is 0.419. The van der Waals surface area contributed by atoms with E-state index in [1.165, 1.54) is 23.5 Å². The number of hydrogen-bond acceptors (Lipinski definition) is 9. The SMILES string of the molecule is COC(=O)c1sc(-c2cccc(NC3CCN(S(=O)(=O)Cc4cccc(C(F)(F)F)c4)CC3)c2)c(Br)c1OCC(=O)OC(C)(C)C. The molecule has 1 aliphatic heterocycles. The number of esters is 2. The van der Waals surface area contributed by atoms with Crippen molar-refractivity contribution in [2.75, 3.05) is 32.1 Å². The van der Waals surface area contributed by atoms with Gasteiger partial charge in [-0.2, -0.15) is 13.2 Å². The molecule has 1 saturated heterocycles. The highest BCUT2D eigenvalue weighted by atomic mass is 79.9. The topological polar surface area (TPSA) is 111 Å². The number of hydrogen-bond donors (Lipinski definition) is 1. The summed E-state index contributed by atoms with van der Waals surface area (Å²) in [6.07, 6.45) is -3.57. The maximum absolute atomic E-state index is 13.1. The first-order valence-electron chi connectivity index (χ1n) is 14.2. The first-order valence-corrected chi connectivity index (χ1v) is 17.4. The number of rotatable bonds is 10. The van der Waals surface area contributed by atoms with Crippen molar-refractivity contribution >= 4 is 54.9 Å². The van der Waals surface area contributed by atoms with Gasteiger partial charge in [0.15, 0.2) is 17.2 Å². The summed E-state index contributed by atoms with van der Waals surface area (Å²) in [5.41, 5.74) is 0.0124. The van der Waals surface area contributed by atoms with Gasteiger partial charge in [0.25, 0.3) is 0 Å². The zero-order valence-corrected chi connectivity index (χ0v) is 28.8. The van der Waals surface area contributed by atoms with Gasteiger partial charge in [-0.1, -0.05) is 30.3 Å². The zero-order valence-electron chi connectivity index (χ0n) is 25.6. The molecule has 2 aromatic carbocycles. The third-order valence-corrected chi connectivity index (χ3v) is 10.9. The molecule has 3 aromatic rings. The van der Waals surface area contributed by atoms with E-state index in [0.717, 1.165) is 34.7 Å². The van der Waals surface area contributed by atoms with Gasteiger partial charge in [-0.25, -0.2) is 22.3 Å². The minimum absolute atomic E-state index is 0.0552. The summed E-state index contributed by atoms with van der Waals surface area (Å²) in [6.45, 7) is 5.23. The van der Waals surface area contributed by atoms with Crippen LogP contribution in [0.2, 0.25) is 0 Å². The maximum atomic E-state index is 13.1. The number of benzene rings is 2. The monoisotopic (exact) mass is 746 g/mol. The number of carbonyl (C=O) groups is 2. The number of piperidine rings is 1. The van der Waals surface area contributed by atoms with E-state index >= 15 is 0 Å². The molecule has 2 heterocycles. The average Bonchev–Trinajstić information content (AvgIpc) is 3.30. The van der Waals surface area contributed by atoms with Crippen molar-refractivity contribution in [3.63, 3.8) is 0 Å². The number of nitrogens with one attached hydrogen (secondary N) is 1. The van der Waals surface area contributed by atoms with Gasteiger partial charge < -0.3 is 19.5 Å². The molecule has 0 unspecified atom stereocenters. The van der Waals surface area contributed by atoms with Crippen molar-refractivity contribution in [1.82, 2.24) is 4.31 Å². The summed E-state index contributed by atoms with van der Waals surface area (Å²) in [7, 11) is -2.57. The van der Waals surface area contributed by atoms with Crippen molar-refractivity contribution in [2.24, 2.45) is 0 Å². The van der Waals surface area contributed by atoms with Crippen molar-refractivity contribution in [1.29, 1.82) is 0 Å². The molecule has 46 heavy (non-hydrogen) atoms. The van der Waals surface area contributed by atoms with Crippen molar-refractivity contribution < 1.29 is 45.4 Å². The fourth-order valence-corrected chi connectivity index (χ4v) is 8.36. The van der Waals surface area contributed by atoms with E-state index in [1.807, 2.05) is 24.3 Å². The second kappa shape index (κ2) is 14.3. The summed E-state index contributed by atoms with van der Waals surface area (Å²) >= 11 is 4.66. The Balaban J connectivity index is 1.43. The minimum Gasteiger partial charge on any atom is -0.479 e. The molecule has 0 aliphatic carbocycles. The van der Waals surface area contributed by atoms with Crippen LogP contribution in [-0.2, 0) is 36.2 Å². The number of methoxy groups -OCH3 is 1. The van der Waals surface area contributed by atoms with Crippen LogP contribution in [0.25, 0.3) is 10.4 Å². The van der Waals surface area contributed by atoms with Crippen LogP contribution in [0.3, 0.4) is 0 Å². The van der Waals surface area contributed by atoms with Crippen LogP contribution in [0, 0.1) is 0 Å². The molecule has 0 amide bonds. The zero-order chi connectivity index (χ0) is 33.9. The Kier molecular flexibility index (Phi) is 11.1. The number of alkyl halides is 3. The van der Waals surface area contributed by atoms with Crippen LogP contribution in [-0.4, -0.2) is 63.1 Å². The smallest absolute Gasteiger partial charge is 0.416 e. The lowest BCUT2D eigenvalue weighted by molar-refractivity contribution is -0.157. The van der Waals surface area contributed by atoms with Crippen LogP contribution < -0.4 is 10.1 Å². The number of halogens is 4. The number of carbonyl (C=O) groups excluding carboxylic acids is 2. The molecule has 1 aliphatic rings. The molecule has 0 saturated carbocycles. The van der Waals surface area contributed by atoms with E-state index in [2.05, 4.69) is 21.2 Å². The molecular formula is C31H34BrF3N2O7S2. The lowest BCUT2D eigenvalue weighted by Crippen LogP contribution is -2.42. The van der Waals surface area contributed by atoms with E-state index in [-0.39, 0.29) is 35.3 Å². The lowest BCUT2D eigenvalue weighted by atomic mass is 10.1. The number of anilines is 1. The Morgan fingerprint density at radius 2 is 1.74 bits per heavy atom. The van der Waals surface area contributed by atoms with Gasteiger partial charge in [0, 0.05) is 24.8 Å². The summed E-state index contributed by atoms with van der Waals surface area (Å²) in [5, 5.41) is 3.43. The van der Waals surface area contributed by atoms with Crippen molar-refractivity contribution in [2.45, 2.75) is 57.2 Å². The molecule has 0 radical (unpaired) electrons. The van der Waals surface area contributed by atoms with Crippen molar-refractivity contribution in [3.8, 4) is 16.2 Å². The van der Waals surface area contributed by atoms with Gasteiger partial charge in [-0.15, -0.1) is 11.3 Å². The standard InChI is InChI=1S/C31H34BrF3N2O7S2/c1-30(2,3)44-24(38)17-43-26-25(32)27(45-28(26)29(39)42-4)20-8-6-10-23(16-20)36-22-11-13-37(14-12-22)46(40,41)18-19-7-5-9-21(15-19)31(33,34)35/h5-10,15-16,22,36H,11-14,17-18H2,1-4H3. The number of ether oxygens (including phenoxy) is 3. The third-order valence-electron chi connectivity index (χ3n) is 6.88. The van der Waals surface area contributed by atoms with Gasteiger partial charge in [-0.05, 0) is 78.9 Å². The van der Waals surface area contributed by atoms with Crippen LogP contribution in [0.4, 0.5) is 18.9 Å². The Bertz CT molecular complexity index is 1680. The van der Waals surface area contributed by atoms with Gasteiger partial charge in [-0.3, -0.25) is 0 Å². The summed E-state index contributed by atoms with van der Waals surface area (Å²) < 4.78 is 83.0. The quantitative estimate of drug-likeness (QED) is 0.219. The Labute approximate surface area is 278 Å². The van der Waals surface area contributed by atoms with E-state index in [9.17, 15) is 31.2 Å². The Hall–Kier alpha value is -3.14. The van der Waals surface area contributed by atoms with E-state index in [4.69, 9.17) is 14.2 Å². The summed E-state index contributed by atoms with van der Waals surface area (Å²) in [4.78, 5) is 25.6. The minimum atomic E-state index is -4.55. The fourth-order valence-electron chi connectivity index (χ4n) is 4.84. The lowest BCUT2D eigenvalue weighted by Gasteiger charge is -2.32. The normalized spacial score (nSPS) is 15.0. The van der Waals surface area contributed by atoms with Gasteiger partial charge >= 0.3 is 18.1 Å². The highest BCUT2D eigenvalue weighted by molar-refractivity contribution is 9.10. The molecule has 0 atom stereocenters. The third kappa shape index (κ3) is 9.23. The second-order valence-corrected chi connectivity index (χ2v) is 15.4. The van der Waals surface area contributed by atoms with Gasteiger partial charge in [0.05, 0.1) is 27.8 Å². The largest absolute Gasteiger partial charge is 0.479 e. The molecular weight excluding hydrogens is 713 g/mol. The molecule has 0 spiro atoms. The van der Waals surface area contributed by atoms with Gasteiger partial charge in [0.2, 0.25) is 10.0 Å². The number of nitrogens with zero attached hydrogens (tertiary/aromatic N) is 1. The number of sulfonamides is 1. The molecule has 1 fully saturated rings. The Morgan fingerprint density at radius 3 is 2.37 bits per heavy atom. The Morgan fingerprint density at radius 1 is 1.07 bits per heavy atom. The predicted octanol–water partition coefficient (Wildman–Crippen LogP) is 7.11. The number of thiophene rings is 1. The summed E-state index contributed by atoms with van der Waals surface area (Å²) in [6, 6.07) is 11.7. The molecule has 4 rings (SSSR count). The van der Waals surface area contributed by atoms with Crippen LogP contribution in [0.1, 0.15) is 54.4 Å². The molecule has 250 valence electrons. The highest BCUT2D eigenvalue weighted by Crippen LogP contribution is 2.46. The van der Waals surface area contributed by atoms with Gasteiger partial charge in [0.1, 0.15) is 5.60 Å².